The smallest absolute Gasteiger partial charge is 0.255 e. The number of benzene rings is 2. The van der Waals surface area contributed by atoms with Crippen LogP contribution in [0.25, 0.3) is 0 Å². The number of hydrogen-bond donors (Lipinski definition) is 2. The molecule has 0 saturated heterocycles. The molecule has 136 valence electrons. The van der Waals surface area contributed by atoms with Gasteiger partial charge in [-0.2, -0.15) is 0 Å². The van der Waals surface area contributed by atoms with Crippen molar-refractivity contribution in [3.63, 3.8) is 0 Å². The summed E-state index contributed by atoms with van der Waals surface area (Å²) in [6.07, 6.45) is 1.61. The van der Waals surface area contributed by atoms with Crippen LogP contribution in [0.4, 0.5) is 5.69 Å². The first-order valence-corrected chi connectivity index (χ1v) is 9.81. The average molecular weight is 395 g/mol. The normalized spacial score (nSPS) is 15.7. The fourth-order valence-corrected chi connectivity index (χ4v) is 4.34. The fourth-order valence-electron chi connectivity index (χ4n) is 2.51. The topological polar surface area (TPSA) is 93.7 Å². The molecule has 7 nitrogen and oxygen atoms in total. The molecule has 0 spiro atoms. The van der Waals surface area contributed by atoms with E-state index in [-0.39, 0.29) is 28.3 Å². The molecule has 2 aliphatic rings. The molecule has 1 amide bonds. The average Bonchev–Trinajstić information content (AvgIpc) is 3.27. The predicted molar refractivity (Wildman–Crippen MR) is 95.3 cm³/mol. The van der Waals surface area contributed by atoms with Crippen molar-refractivity contribution in [2.24, 2.45) is 0 Å². The second-order valence-corrected chi connectivity index (χ2v) is 8.15. The van der Waals surface area contributed by atoms with E-state index in [0.717, 1.165) is 12.8 Å². The third kappa shape index (κ3) is 3.48. The van der Waals surface area contributed by atoms with Gasteiger partial charge in [0.05, 0.1) is 5.02 Å². The molecular weight excluding hydrogens is 380 g/mol. The largest absolute Gasteiger partial charge is 0.454 e. The standard InChI is InChI=1S/C17H15ClN2O5S/c18-13-5-1-10(7-16(13)26(22,23)20-11-2-3-11)17(21)19-12-4-6-14-15(8-12)25-9-24-14/h1,4-8,11,20H,2-3,9H2,(H,19,21). The number of fused-ring (bicyclic) bond motifs is 1. The van der Waals surface area contributed by atoms with Gasteiger partial charge in [0.25, 0.3) is 5.91 Å². The van der Waals surface area contributed by atoms with Crippen molar-refractivity contribution in [1.29, 1.82) is 0 Å². The zero-order chi connectivity index (χ0) is 18.3. The number of rotatable bonds is 5. The molecule has 1 aliphatic carbocycles. The van der Waals surface area contributed by atoms with E-state index in [1.54, 1.807) is 18.2 Å². The molecule has 2 aromatic carbocycles. The first kappa shape index (κ1) is 17.1. The number of sulfonamides is 1. The van der Waals surface area contributed by atoms with E-state index in [9.17, 15) is 13.2 Å². The van der Waals surface area contributed by atoms with Gasteiger partial charge < -0.3 is 14.8 Å². The van der Waals surface area contributed by atoms with Gasteiger partial charge in [-0.3, -0.25) is 4.79 Å². The van der Waals surface area contributed by atoms with Crippen LogP contribution in [-0.4, -0.2) is 27.2 Å². The second kappa shape index (κ2) is 6.46. The molecule has 4 rings (SSSR count). The van der Waals surface area contributed by atoms with Crippen LogP contribution in [0.5, 0.6) is 11.5 Å². The van der Waals surface area contributed by atoms with Gasteiger partial charge in [0.1, 0.15) is 4.90 Å². The molecule has 26 heavy (non-hydrogen) atoms. The third-order valence-electron chi connectivity index (χ3n) is 4.01. The zero-order valence-corrected chi connectivity index (χ0v) is 15.1. The van der Waals surface area contributed by atoms with Gasteiger partial charge in [-0.25, -0.2) is 13.1 Å². The van der Waals surface area contributed by atoms with Crippen LogP contribution in [0.1, 0.15) is 23.2 Å². The number of nitrogens with one attached hydrogen (secondary N) is 2. The fraction of sp³-hybridized carbons (Fsp3) is 0.235. The molecule has 1 heterocycles. The van der Waals surface area contributed by atoms with Crippen molar-refractivity contribution >= 4 is 33.2 Å². The summed E-state index contributed by atoms with van der Waals surface area (Å²) in [7, 11) is -3.76. The van der Waals surface area contributed by atoms with Gasteiger partial charge in [-0.05, 0) is 43.2 Å². The van der Waals surface area contributed by atoms with Crippen molar-refractivity contribution in [3.05, 3.63) is 47.0 Å². The number of carbonyl (C=O) groups is 1. The summed E-state index contributed by atoms with van der Waals surface area (Å²) >= 11 is 6.03. The summed E-state index contributed by atoms with van der Waals surface area (Å²) in [5, 5.41) is 2.77. The van der Waals surface area contributed by atoms with Crippen LogP contribution in [0.3, 0.4) is 0 Å². The molecule has 1 aliphatic heterocycles. The molecule has 0 radical (unpaired) electrons. The molecule has 2 N–H and O–H groups in total. The minimum Gasteiger partial charge on any atom is -0.454 e. The number of anilines is 1. The predicted octanol–water partition coefficient (Wildman–Crippen LogP) is 2.76. The molecule has 9 heteroatoms. The van der Waals surface area contributed by atoms with E-state index >= 15 is 0 Å². The van der Waals surface area contributed by atoms with E-state index in [1.807, 2.05) is 0 Å². The van der Waals surface area contributed by atoms with Gasteiger partial charge >= 0.3 is 0 Å². The first-order valence-electron chi connectivity index (χ1n) is 7.95. The highest BCUT2D eigenvalue weighted by atomic mass is 35.5. The molecule has 0 unspecified atom stereocenters. The second-order valence-electron chi connectivity index (χ2n) is 6.06. The highest BCUT2D eigenvalue weighted by molar-refractivity contribution is 7.89. The zero-order valence-electron chi connectivity index (χ0n) is 13.5. The molecular formula is C17H15ClN2O5S. The Morgan fingerprint density at radius 1 is 1.08 bits per heavy atom. The lowest BCUT2D eigenvalue weighted by Gasteiger charge is -2.10. The maximum absolute atomic E-state index is 12.5. The van der Waals surface area contributed by atoms with Crippen LogP contribution < -0.4 is 19.5 Å². The first-order chi connectivity index (χ1) is 12.4. The Balaban J connectivity index is 1.57. The monoisotopic (exact) mass is 394 g/mol. The maximum Gasteiger partial charge on any atom is 0.255 e. The van der Waals surface area contributed by atoms with Crippen LogP contribution in [0, 0.1) is 0 Å². The quantitative estimate of drug-likeness (QED) is 0.813. The SMILES string of the molecule is O=C(Nc1ccc2c(c1)OCO2)c1ccc(Cl)c(S(=O)(=O)NC2CC2)c1. The summed E-state index contributed by atoms with van der Waals surface area (Å²) < 4.78 is 37.9. The molecule has 0 aromatic heterocycles. The third-order valence-corrected chi connectivity index (χ3v) is 6.01. The Bertz CT molecular complexity index is 989. The maximum atomic E-state index is 12.5. The summed E-state index contributed by atoms with van der Waals surface area (Å²) in [6, 6.07) is 9.10. The molecule has 0 bridgehead atoms. The van der Waals surface area contributed by atoms with Crippen molar-refractivity contribution in [2.45, 2.75) is 23.8 Å². The lowest BCUT2D eigenvalue weighted by molar-refractivity contribution is 0.102. The Hall–Kier alpha value is -2.29. The van der Waals surface area contributed by atoms with Gasteiger partial charge in [-0.15, -0.1) is 0 Å². The minimum absolute atomic E-state index is 0.0535. The van der Waals surface area contributed by atoms with Crippen LogP contribution in [-0.2, 0) is 10.0 Å². The van der Waals surface area contributed by atoms with E-state index in [4.69, 9.17) is 21.1 Å². The van der Waals surface area contributed by atoms with Crippen molar-refractivity contribution in [2.75, 3.05) is 12.1 Å². The van der Waals surface area contributed by atoms with Crippen LogP contribution in [0.2, 0.25) is 5.02 Å². The molecule has 1 saturated carbocycles. The Morgan fingerprint density at radius 2 is 1.85 bits per heavy atom. The van der Waals surface area contributed by atoms with Gasteiger partial charge in [-0.1, -0.05) is 11.6 Å². The Labute approximate surface area is 155 Å². The summed E-state index contributed by atoms with van der Waals surface area (Å²) in [6.45, 7) is 0.138. The molecule has 1 fully saturated rings. The van der Waals surface area contributed by atoms with Crippen LogP contribution >= 0.6 is 11.6 Å². The number of halogens is 1. The number of amides is 1. The van der Waals surface area contributed by atoms with Crippen molar-refractivity contribution in [3.8, 4) is 11.5 Å². The van der Waals surface area contributed by atoms with E-state index in [1.165, 1.54) is 18.2 Å². The Kier molecular flexibility index (Phi) is 4.26. The molecule has 2 aromatic rings. The highest BCUT2D eigenvalue weighted by Gasteiger charge is 2.29. The van der Waals surface area contributed by atoms with Gasteiger partial charge in [0, 0.05) is 23.4 Å². The highest BCUT2D eigenvalue weighted by Crippen LogP contribution is 2.34. The van der Waals surface area contributed by atoms with E-state index < -0.39 is 15.9 Å². The van der Waals surface area contributed by atoms with Crippen molar-refractivity contribution in [1.82, 2.24) is 4.72 Å². The van der Waals surface area contributed by atoms with Crippen LogP contribution in [0.15, 0.2) is 41.3 Å². The summed E-state index contributed by atoms with van der Waals surface area (Å²) in [5.74, 6) is 0.688. The van der Waals surface area contributed by atoms with E-state index in [2.05, 4.69) is 10.0 Å². The molecule has 0 atom stereocenters. The van der Waals surface area contributed by atoms with E-state index in [0.29, 0.717) is 17.2 Å². The van der Waals surface area contributed by atoms with Gasteiger partial charge in [0.15, 0.2) is 11.5 Å². The van der Waals surface area contributed by atoms with Gasteiger partial charge in [0.2, 0.25) is 16.8 Å². The lowest BCUT2D eigenvalue weighted by atomic mass is 10.2. The lowest BCUT2D eigenvalue weighted by Crippen LogP contribution is -2.26. The summed E-state index contributed by atoms with van der Waals surface area (Å²) in [5.41, 5.74) is 0.693. The van der Waals surface area contributed by atoms with Crippen molar-refractivity contribution < 1.29 is 22.7 Å². The summed E-state index contributed by atoms with van der Waals surface area (Å²) in [4.78, 5) is 12.4. The number of hydrogen-bond acceptors (Lipinski definition) is 5. The minimum atomic E-state index is -3.76. The number of carbonyl (C=O) groups excluding carboxylic acids is 1. The number of ether oxygens (including phenoxy) is 2. The Morgan fingerprint density at radius 3 is 2.62 bits per heavy atom.